The van der Waals surface area contributed by atoms with Gasteiger partial charge in [-0.2, -0.15) is 0 Å². The van der Waals surface area contributed by atoms with Gasteiger partial charge in [0.2, 0.25) is 0 Å². The maximum absolute atomic E-state index is 12.5. The number of benzene rings is 5. The molecule has 0 heterocycles. The molecule has 116 heavy (non-hydrogen) atoms. The van der Waals surface area contributed by atoms with Crippen LogP contribution >= 0.6 is 0 Å². The molecule has 0 amide bonds. The number of hydrogen-bond donors (Lipinski definition) is 0. The Kier molecular flexibility index (Phi) is 51.1. The number of esters is 2. The number of methoxy groups -OCH3 is 4. The van der Waals surface area contributed by atoms with E-state index in [-0.39, 0.29) is 156 Å². The lowest BCUT2D eigenvalue weighted by Crippen LogP contribution is -2.18. The second-order valence-corrected chi connectivity index (χ2v) is 26.0. The predicted octanol–water partition coefficient (Wildman–Crippen LogP) is 9.81. The third-order valence-electron chi connectivity index (χ3n) is 17.3. The van der Waals surface area contributed by atoms with Crippen LogP contribution in [0.2, 0.25) is 0 Å². The molecular weight excluding hydrogens is 1500 g/mol. The van der Waals surface area contributed by atoms with Gasteiger partial charge in [-0.05, 0) is 49.9 Å². The summed E-state index contributed by atoms with van der Waals surface area (Å²) in [7, 11) is 6.49. The zero-order valence-electron chi connectivity index (χ0n) is 68.1. The molecule has 0 aromatic heterocycles. The molecule has 2 saturated carbocycles. The first-order chi connectivity index (χ1) is 57.3. The fourth-order valence-corrected chi connectivity index (χ4v) is 11.3. The standard InChI is InChI=1S/C90H118O26/c1-93-31-35-97-39-43-101-51-59-109-83-69-79(85(111-61-53-103-45-41-99-37-33-95-3)67-77(83)25-23-73-15-7-5-8-16-73)27-29-81-71-88(114-64-56-106-48-50-108-58-66-116-90(92)76-21-13-14-22-76)82(72-87(81)113-63-55-105-47-49-107-57-65-115-89(91)75-19-11-12-20-75)30-28-80-70-84(110-60-52-102-44-40-98-36-32-94-2)78(26-24-74-17-9-6-10-18-74)68-86(80)112-62-54-104-46-42-100-38-34-96-4/h5-10,15-18,67-72,75-76H,11-14,19-22,31-66H2,1-4H3. The molecule has 5 aromatic carbocycles. The Morgan fingerprint density at radius 3 is 0.629 bits per heavy atom. The zero-order valence-corrected chi connectivity index (χ0v) is 68.1. The normalized spacial score (nSPS) is 12.5. The molecule has 2 aliphatic carbocycles. The lowest BCUT2D eigenvalue weighted by molar-refractivity contribution is -0.150. The van der Waals surface area contributed by atoms with Gasteiger partial charge in [-0.1, -0.05) is 109 Å². The van der Waals surface area contributed by atoms with E-state index in [2.05, 4.69) is 47.4 Å². The monoisotopic (exact) mass is 1610 g/mol. The Bertz CT molecular complexity index is 3500. The van der Waals surface area contributed by atoms with Crippen LogP contribution in [-0.4, -0.2) is 278 Å². The smallest absolute Gasteiger partial charge is 0.309 e. The second-order valence-electron chi connectivity index (χ2n) is 26.0. The Morgan fingerprint density at radius 1 is 0.241 bits per heavy atom. The summed E-state index contributed by atoms with van der Waals surface area (Å²) < 4.78 is 141. The molecule has 0 saturated heterocycles. The van der Waals surface area contributed by atoms with Gasteiger partial charge in [0.1, 0.15) is 87.4 Å². The van der Waals surface area contributed by atoms with Crippen LogP contribution in [0.4, 0.5) is 0 Å². The van der Waals surface area contributed by atoms with Crippen molar-refractivity contribution in [1.82, 2.24) is 0 Å². The van der Waals surface area contributed by atoms with E-state index in [1.165, 1.54) is 0 Å². The van der Waals surface area contributed by atoms with E-state index in [1.54, 1.807) is 64.8 Å². The maximum atomic E-state index is 12.5. The zero-order chi connectivity index (χ0) is 81.4. The van der Waals surface area contributed by atoms with Crippen molar-refractivity contribution in [1.29, 1.82) is 0 Å². The molecule has 0 unspecified atom stereocenters. The van der Waals surface area contributed by atoms with Gasteiger partial charge in [0.15, 0.2) is 0 Å². The SMILES string of the molecule is COCCOCCOCCOc1cc(C#Cc2cc(OCCOCCOCCOC(=O)C3CCCC3)c(C#Cc3cc(OCCOCCOCCOC)c(C#Cc4ccccc4)cc3OCCOCCOCCOC)cc2OCCOCCOCCOC(=O)C2CCCC2)c(OCCOCCOCCOC)cc1C#Cc1ccccc1. The molecule has 0 radical (unpaired) electrons. The summed E-state index contributed by atoms with van der Waals surface area (Å²) in [6.45, 7) is 10.3. The van der Waals surface area contributed by atoms with Gasteiger partial charge < -0.3 is 114 Å². The molecule has 26 heteroatoms. The Morgan fingerprint density at radius 2 is 0.422 bits per heavy atom. The van der Waals surface area contributed by atoms with Crippen LogP contribution in [0.5, 0.6) is 34.5 Å². The highest BCUT2D eigenvalue weighted by atomic mass is 16.6. The van der Waals surface area contributed by atoms with E-state index < -0.39 is 0 Å². The number of ether oxygens (including phenoxy) is 24. The van der Waals surface area contributed by atoms with Gasteiger partial charge in [0, 0.05) is 76.0 Å². The molecule has 0 atom stereocenters. The van der Waals surface area contributed by atoms with Gasteiger partial charge >= 0.3 is 11.9 Å². The van der Waals surface area contributed by atoms with E-state index in [1.807, 2.05) is 60.7 Å². The topological polar surface area (TPSA) is 256 Å². The van der Waals surface area contributed by atoms with Gasteiger partial charge in [-0.25, -0.2) is 0 Å². The van der Waals surface area contributed by atoms with Crippen LogP contribution < -0.4 is 28.4 Å². The van der Waals surface area contributed by atoms with Gasteiger partial charge in [-0.3, -0.25) is 9.59 Å². The van der Waals surface area contributed by atoms with Gasteiger partial charge in [0.05, 0.1) is 230 Å². The highest BCUT2D eigenvalue weighted by molar-refractivity contribution is 5.73. The van der Waals surface area contributed by atoms with E-state index in [0.717, 1.165) is 62.5 Å². The Labute approximate surface area is 685 Å². The summed E-state index contributed by atoms with van der Waals surface area (Å²) in [5.41, 5.74) is 4.34. The van der Waals surface area contributed by atoms with Gasteiger partial charge in [0.25, 0.3) is 0 Å². The largest absolute Gasteiger partial charge is 0.490 e. The molecule has 2 fully saturated rings. The summed E-state index contributed by atoms with van der Waals surface area (Å²) in [6.07, 6.45) is 7.59. The second kappa shape index (κ2) is 62.6. The molecule has 5 aromatic rings. The minimum Gasteiger partial charge on any atom is -0.490 e. The molecule has 26 nitrogen and oxygen atoms in total. The summed E-state index contributed by atoms with van der Waals surface area (Å²) in [5.74, 6) is 28.7. The van der Waals surface area contributed by atoms with Crippen molar-refractivity contribution in [3.8, 4) is 81.9 Å². The first-order valence-electron chi connectivity index (χ1n) is 40.1. The molecule has 7 rings (SSSR count). The van der Waals surface area contributed by atoms with E-state index >= 15 is 0 Å². The Balaban J connectivity index is 1.28. The van der Waals surface area contributed by atoms with Crippen LogP contribution in [0.3, 0.4) is 0 Å². The summed E-state index contributed by atoms with van der Waals surface area (Å²) in [5, 5.41) is 0. The third kappa shape index (κ3) is 41.0. The van der Waals surface area contributed by atoms with Crippen molar-refractivity contribution in [2.24, 2.45) is 11.8 Å². The van der Waals surface area contributed by atoms with E-state index in [0.29, 0.717) is 174 Å². The number of carbonyl (C=O) groups is 2. The first-order valence-corrected chi connectivity index (χ1v) is 40.1. The minimum atomic E-state index is -0.170. The molecular formula is C90H118O26. The van der Waals surface area contributed by atoms with E-state index in [9.17, 15) is 9.59 Å². The van der Waals surface area contributed by atoms with Crippen molar-refractivity contribution in [3.63, 3.8) is 0 Å². The average molecular weight is 1620 g/mol. The summed E-state index contributed by atoms with van der Waals surface area (Å²) in [4.78, 5) is 25.1. The lowest BCUT2D eigenvalue weighted by atomic mass is 10.0. The van der Waals surface area contributed by atoms with Crippen molar-refractivity contribution < 1.29 is 123 Å². The molecule has 2 aliphatic rings. The highest BCUT2D eigenvalue weighted by Crippen LogP contribution is 2.34. The highest BCUT2D eigenvalue weighted by Gasteiger charge is 2.25. The van der Waals surface area contributed by atoms with Crippen LogP contribution in [0.15, 0.2) is 97.1 Å². The predicted molar refractivity (Wildman–Crippen MR) is 432 cm³/mol. The van der Waals surface area contributed by atoms with Crippen molar-refractivity contribution >= 4 is 11.9 Å². The van der Waals surface area contributed by atoms with Crippen LogP contribution in [-0.2, 0) is 94.9 Å². The quantitative estimate of drug-likeness (QED) is 0.0199. The molecule has 0 aliphatic heterocycles. The fraction of sp³-hybridized carbons (Fsp3) is 0.556. The van der Waals surface area contributed by atoms with Crippen LogP contribution in [0, 0.1) is 59.2 Å². The van der Waals surface area contributed by atoms with E-state index in [4.69, 9.17) is 114 Å². The average Bonchev–Trinajstić information content (AvgIpc) is 1.17. The summed E-state index contributed by atoms with van der Waals surface area (Å²) in [6, 6.07) is 30.0. The Hall–Kier alpha value is -8.56. The van der Waals surface area contributed by atoms with Crippen molar-refractivity contribution in [2.45, 2.75) is 51.4 Å². The fourth-order valence-electron chi connectivity index (χ4n) is 11.3. The third-order valence-corrected chi connectivity index (χ3v) is 17.3. The number of carbonyl (C=O) groups excluding carboxylic acids is 2. The summed E-state index contributed by atoms with van der Waals surface area (Å²) >= 11 is 0. The maximum Gasteiger partial charge on any atom is 0.309 e. The first kappa shape index (κ1) is 94.6. The molecule has 0 spiro atoms. The van der Waals surface area contributed by atoms with Crippen LogP contribution in [0.25, 0.3) is 0 Å². The number of rotatable bonds is 62. The minimum absolute atomic E-state index is 0.0384. The van der Waals surface area contributed by atoms with Crippen molar-refractivity contribution in [2.75, 3.05) is 266 Å². The molecule has 634 valence electrons. The molecule has 0 N–H and O–H groups in total. The lowest BCUT2D eigenvalue weighted by Gasteiger charge is -2.15. The van der Waals surface area contributed by atoms with Crippen LogP contribution in [0.1, 0.15) is 95.9 Å². The van der Waals surface area contributed by atoms with Gasteiger partial charge in [-0.15, -0.1) is 0 Å². The molecule has 0 bridgehead atoms. The number of hydrogen-bond acceptors (Lipinski definition) is 26. The van der Waals surface area contributed by atoms with Crippen molar-refractivity contribution in [3.05, 3.63) is 142 Å².